The van der Waals surface area contributed by atoms with Crippen LogP contribution < -0.4 is 10.1 Å². The van der Waals surface area contributed by atoms with Gasteiger partial charge in [-0.15, -0.1) is 0 Å². The molecular weight excluding hydrogens is 427 g/mol. The zero-order valence-corrected chi connectivity index (χ0v) is 17.8. The first-order chi connectivity index (χ1) is 15.2. The van der Waals surface area contributed by atoms with Gasteiger partial charge in [0.05, 0.1) is 25.2 Å². The third-order valence-corrected chi connectivity index (χ3v) is 5.65. The number of hydrogen-bond donors (Lipinski definition) is 1. The van der Waals surface area contributed by atoms with Crippen molar-refractivity contribution in [3.8, 4) is 5.75 Å². The predicted molar refractivity (Wildman–Crippen MR) is 109 cm³/mol. The highest BCUT2D eigenvalue weighted by molar-refractivity contribution is 5.93. The van der Waals surface area contributed by atoms with Gasteiger partial charge in [0.2, 0.25) is 5.91 Å². The molecule has 0 bridgehead atoms. The summed E-state index contributed by atoms with van der Waals surface area (Å²) < 4.78 is 55.0. The van der Waals surface area contributed by atoms with Crippen LogP contribution >= 0.6 is 0 Å². The first kappa shape index (κ1) is 23.6. The van der Waals surface area contributed by atoms with Crippen molar-refractivity contribution in [3.05, 3.63) is 64.7 Å². The van der Waals surface area contributed by atoms with Crippen LogP contribution in [0.1, 0.15) is 39.9 Å². The number of benzene rings is 2. The standard InChI is InChI=1S/C23H24F3NO5/c1-30-19-7-6-15(12-18(19)20(28)31-2)14-27-21(29)22(8-10-32-11-9-22)16-4-3-5-17(13-16)23(24,25)26/h3-7,12-13H,8-11,14H2,1-2H3,(H,27,29). The molecule has 0 radical (unpaired) electrons. The van der Waals surface area contributed by atoms with Crippen LogP contribution in [0.25, 0.3) is 0 Å². The van der Waals surface area contributed by atoms with Gasteiger partial charge in [-0.2, -0.15) is 13.2 Å². The van der Waals surface area contributed by atoms with Gasteiger partial charge in [-0.05, 0) is 42.2 Å². The summed E-state index contributed by atoms with van der Waals surface area (Å²) in [6, 6.07) is 9.70. The number of carbonyl (C=O) groups is 2. The second-order valence-electron chi connectivity index (χ2n) is 7.48. The average molecular weight is 451 g/mol. The number of hydrogen-bond acceptors (Lipinski definition) is 5. The Hall–Kier alpha value is -3.07. The van der Waals surface area contributed by atoms with E-state index in [2.05, 4.69) is 5.32 Å². The maximum absolute atomic E-state index is 13.3. The van der Waals surface area contributed by atoms with E-state index < -0.39 is 29.0 Å². The maximum Gasteiger partial charge on any atom is 0.416 e. The van der Waals surface area contributed by atoms with Crippen molar-refractivity contribution in [1.82, 2.24) is 5.32 Å². The van der Waals surface area contributed by atoms with E-state index in [1.165, 1.54) is 20.3 Å². The van der Waals surface area contributed by atoms with Gasteiger partial charge in [0, 0.05) is 19.8 Å². The number of amides is 1. The number of ether oxygens (including phenoxy) is 3. The highest BCUT2D eigenvalue weighted by Crippen LogP contribution is 2.38. The Morgan fingerprint density at radius 1 is 1.09 bits per heavy atom. The summed E-state index contributed by atoms with van der Waals surface area (Å²) >= 11 is 0. The minimum absolute atomic E-state index is 0.0778. The van der Waals surface area contributed by atoms with E-state index in [-0.39, 0.29) is 38.2 Å². The van der Waals surface area contributed by atoms with Crippen molar-refractivity contribution < 1.29 is 37.0 Å². The van der Waals surface area contributed by atoms with Gasteiger partial charge in [-0.3, -0.25) is 4.79 Å². The lowest BCUT2D eigenvalue weighted by Gasteiger charge is -2.36. The number of rotatable bonds is 6. The molecule has 0 unspecified atom stereocenters. The van der Waals surface area contributed by atoms with E-state index in [9.17, 15) is 22.8 Å². The SMILES string of the molecule is COC(=O)c1cc(CNC(=O)C2(c3cccc(C(F)(F)F)c3)CCOCC2)ccc1OC. The van der Waals surface area contributed by atoms with Crippen LogP contribution in [0, 0.1) is 0 Å². The Balaban J connectivity index is 1.86. The van der Waals surface area contributed by atoms with Gasteiger partial charge in [0.1, 0.15) is 11.3 Å². The summed E-state index contributed by atoms with van der Waals surface area (Å²) in [6.45, 7) is 0.603. The fraction of sp³-hybridized carbons (Fsp3) is 0.391. The zero-order valence-electron chi connectivity index (χ0n) is 17.8. The molecule has 1 fully saturated rings. The van der Waals surface area contributed by atoms with Crippen molar-refractivity contribution in [2.75, 3.05) is 27.4 Å². The largest absolute Gasteiger partial charge is 0.496 e. The highest BCUT2D eigenvalue weighted by atomic mass is 19.4. The number of esters is 1. The van der Waals surface area contributed by atoms with Crippen LogP contribution in [-0.2, 0) is 32.4 Å². The minimum Gasteiger partial charge on any atom is -0.496 e. The third-order valence-electron chi connectivity index (χ3n) is 5.65. The van der Waals surface area contributed by atoms with Crippen LogP contribution in [0.5, 0.6) is 5.75 Å². The Kier molecular flexibility index (Phi) is 7.08. The van der Waals surface area contributed by atoms with Crippen molar-refractivity contribution in [2.24, 2.45) is 0 Å². The van der Waals surface area contributed by atoms with E-state index in [0.29, 0.717) is 16.9 Å². The van der Waals surface area contributed by atoms with Crippen molar-refractivity contribution >= 4 is 11.9 Å². The van der Waals surface area contributed by atoms with E-state index in [4.69, 9.17) is 14.2 Å². The number of alkyl halides is 3. The van der Waals surface area contributed by atoms with Gasteiger partial charge >= 0.3 is 12.1 Å². The molecule has 2 aromatic carbocycles. The number of halogens is 3. The van der Waals surface area contributed by atoms with Gasteiger partial charge in [0.15, 0.2) is 0 Å². The van der Waals surface area contributed by atoms with Crippen LogP contribution in [0.4, 0.5) is 13.2 Å². The summed E-state index contributed by atoms with van der Waals surface area (Å²) in [7, 11) is 2.67. The molecule has 1 N–H and O–H groups in total. The Morgan fingerprint density at radius 3 is 2.44 bits per heavy atom. The van der Waals surface area contributed by atoms with Crippen molar-refractivity contribution in [1.29, 1.82) is 0 Å². The van der Waals surface area contributed by atoms with E-state index in [0.717, 1.165) is 12.1 Å². The summed E-state index contributed by atoms with van der Waals surface area (Å²) in [4.78, 5) is 25.3. The molecule has 0 aromatic heterocycles. The van der Waals surface area contributed by atoms with Gasteiger partial charge in [-0.25, -0.2) is 4.79 Å². The van der Waals surface area contributed by atoms with Crippen LogP contribution in [0.2, 0.25) is 0 Å². The summed E-state index contributed by atoms with van der Waals surface area (Å²) in [5.41, 5.74) is -0.812. The number of methoxy groups -OCH3 is 2. The van der Waals surface area contributed by atoms with E-state index >= 15 is 0 Å². The van der Waals surface area contributed by atoms with Crippen molar-refractivity contribution in [3.63, 3.8) is 0 Å². The molecule has 1 aliphatic heterocycles. The Labute approximate surface area is 183 Å². The molecule has 172 valence electrons. The molecule has 1 heterocycles. The van der Waals surface area contributed by atoms with E-state index in [1.54, 1.807) is 24.3 Å². The quantitative estimate of drug-likeness (QED) is 0.676. The number of nitrogens with one attached hydrogen (secondary N) is 1. The van der Waals surface area contributed by atoms with Crippen LogP contribution in [0.15, 0.2) is 42.5 Å². The van der Waals surface area contributed by atoms with Crippen LogP contribution in [0.3, 0.4) is 0 Å². The molecular formula is C23H24F3NO5. The molecule has 0 saturated carbocycles. The lowest BCUT2D eigenvalue weighted by atomic mass is 9.73. The first-order valence-electron chi connectivity index (χ1n) is 10.0. The smallest absolute Gasteiger partial charge is 0.416 e. The molecule has 1 saturated heterocycles. The maximum atomic E-state index is 13.3. The van der Waals surface area contributed by atoms with Gasteiger partial charge in [-0.1, -0.05) is 24.3 Å². The normalized spacial score (nSPS) is 15.7. The second-order valence-corrected chi connectivity index (χ2v) is 7.48. The highest BCUT2D eigenvalue weighted by Gasteiger charge is 2.43. The fourth-order valence-electron chi connectivity index (χ4n) is 3.85. The second kappa shape index (κ2) is 9.60. The first-order valence-corrected chi connectivity index (χ1v) is 10.0. The van der Waals surface area contributed by atoms with E-state index in [1.807, 2.05) is 0 Å². The lowest BCUT2D eigenvalue weighted by molar-refractivity contribution is -0.138. The Bertz CT molecular complexity index is 984. The zero-order chi connectivity index (χ0) is 23.4. The third kappa shape index (κ3) is 4.88. The molecule has 3 rings (SSSR count). The molecule has 0 aliphatic carbocycles. The molecule has 6 nitrogen and oxygen atoms in total. The topological polar surface area (TPSA) is 73.9 Å². The predicted octanol–water partition coefficient (Wildman–Crippen LogP) is 3.87. The van der Waals surface area contributed by atoms with Gasteiger partial charge < -0.3 is 19.5 Å². The number of carbonyl (C=O) groups excluding carboxylic acids is 2. The minimum atomic E-state index is -4.51. The monoisotopic (exact) mass is 451 g/mol. The average Bonchev–Trinajstić information content (AvgIpc) is 2.81. The molecule has 0 atom stereocenters. The molecule has 9 heteroatoms. The molecule has 0 spiro atoms. The summed E-state index contributed by atoms with van der Waals surface area (Å²) in [6.07, 6.45) is -3.99. The lowest BCUT2D eigenvalue weighted by Crippen LogP contribution is -2.48. The molecule has 2 aromatic rings. The Morgan fingerprint density at radius 2 is 1.81 bits per heavy atom. The summed E-state index contributed by atoms with van der Waals surface area (Å²) in [5.74, 6) is -0.646. The summed E-state index contributed by atoms with van der Waals surface area (Å²) in [5, 5.41) is 2.82. The van der Waals surface area contributed by atoms with Gasteiger partial charge in [0.25, 0.3) is 0 Å². The molecule has 1 aliphatic rings. The molecule has 1 amide bonds. The molecule has 32 heavy (non-hydrogen) atoms. The van der Waals surface area contributed by atoms with Crippen LogP contribution in [-0.4, -0.2) is 39.3 Å². The fourth-order valence-corrected chi connectivity index (χ4v) is 3.85. The van der Waals surface area contributed by atoms with Crippen molar-refractivity contribution in [2.45, 2.75) is 31.0 Å².